The van der Waals surface area contributed by atoms with Crippen molar-refractivity contribution in [2.24, 2.45) is 7.05 Å². The van der Waals surface area contributed by atoms with Crippen molar-refractivity contribution in [3.63, 3.8) is 0 Å². The van der Waals surface area contributed by atoms with Crippen molar-refractivity contribution in [2.75, 3.05) is 11.9 Å². The predicted molar refractivity (Wildman–Crippen MR) is 126 cm³/mol. The molecular formula is C25H26FN7O. The van der Waals surface area contributed by atoms with E-state index in [1.807, 2.05) is 25.6 Å². The lowest BCUT2D eigenvalue weighted by Gasteiger charge is -2.13. The first-order valence-electron chi connectivity index (χ1n) is 11.6. The summed E-state index contributed by atoms with van der Waals surface area (Å²) in [5.41, 5.74) is 5.11. The molecule has 0 atom stereocenters. The molecule has 1 aromatic carbocycles. The molecule has 0 spiro atoms. The lowest BCUT2D eigenvalue weighted by molar-refractivity contribution is 0.356. The molecule has 6 rings (SSSR count). The number of benzene rings is 1. The lowest BCUT2D eigenvalue weighted by Crippen LogP contribution is -2.10. The van der Waals surface area contributed by atoms with E-state index < -0.39 is 0 Å². The summed E-state index contributed by atoms with van der Waals surface area (Å²) in [5, 5.41) is 17.3. The summed E-state index contributed by atoms with van der Waals surface area (Å²) in [5.74, 6) is 1.47. The molecule has 34 heavy (non-hydrogen) atoms. The molecule has 0 bridgehead atoms. The van der Waals surface area contributed by atoms with Crippen molar-refractivity contribution in [1.29, 1.82) is 5.26 Å². The van der Waals surface area contributed by atoms with Gasteiger partial charge in [-0.3, -0.25) is 9.08 Å². The summed E-state index contributed by atoms with van der Waals surface area (Å²) in [6.07, 6.45) is 6.38. The van der Waals surface area contributed by atoms with Crippen molar-refractivity contribution in [3.05, 3.63) is 58.9 Å². The van der Waals surface area contributed by atoms with E-state index in [-0.39, 0.29) is 18.1 Å². The molecule has 0 saturated heterocycles. The molecule has 9 heteroatoms. The largest absolute Gasteiger partial charge is 0.493 e. The molecular weight excluding hydrogens is 433 g/mol. The Hall–Kier alpha value is -3.93. The SMILES string of the molecule is CC.Cn1nc(C2CC2)cc1-c1cnc(NCc2c(F)ccc3c2CCO3)n2cc(C#N)nc12. The van der Waals surface area contributed by atoms with Crippen LogP contribution >= 0.6 is 0 Å². The van der Waals surface area contributed by atoms with Crippen LogP contribution < -0.4 is 10.1 Å². The van der Waals surface area contributed by atoms with Crippen LogP contribution in [0.5, 0.6) is 5.75 Å². The molecule has 3 aromatic heterocycles. The van der Waals surface area contributed by atoms with E-state index in [0.717, 1.165) is 28.3 Å². The summed E-state index contributed by atoms with van der Waals surface area (Å²) >= 11 is 0. The Morgan fingerprint density at radius 3 is 2.88 bits per heavy atom. The van der Waals surface area contributed by atoms with Crippen LogP contribution in [0.25, 0.3) is 16.9 Å². The molecule has 0 unspecified atom stereocenters. The van der Waals surface area contributed by atoms with Gasteiger partial charge in [0.05, 0.1) is 29.8 Å². The standard InChI is InChI=1S/C23H20FN7O.C2H6/c1-30-20(8-19(29-30)13-2-3-13)17-11-27-23(31-12-14(9-25)28-22(17)31)26-10-16-15-6-7-32-21(15)5-4-18(16)24;1-2/h4-5,8,11-13H,2-3,6-7,10H2,1H3,(H,26,27);1-2H3. The summed E-state index contributed by atoms with van der Waals surface area (Å²) < 4.78 is 23.7. The number of imidazole rings is 1. The Morgan fingerprint density at radius 2 is 2.12 bits per heavy atom. The van der Waals surface area contributed by atoms with E-state index in [0.29, 0.717) is 36.1 Å². The van der Waals surface area contributed by atoms with Gasteiger partial charge in [0.15, 0.2) is 11.3 Å². The minimum absolute atomic E-state index is 0.247. The van der Waals surface area contributed by atoms with E-state index >= 15 is 0 Å². The number of aryl methyl sites for hydroxylation is 1. The third-order valence-corrected chi connectivity index (χ3v) is 6.14. The van der Waals surface area contributed by atoms with Gasteiger partial charge >= 0.3 is 0 Å². The first kappa shape index (κ1) is 21.9. The van der Waals surface area contributed by atoms with Gasteiger partial charge in [-0.15, -0.1) is 0 Å². The molecule has 1 saturated carbocycles. The zero-order valence-electron chi connectivity index (χ0n) is 19.5. The maximum Gasteiger partial charge on any atom is 0.208 e. The quantitative estimate of drug-likeness (QED) is 0.469. The number of fused-ring (bicyclic) bond motifs is 2. The highest BCUT2D eigenvalue weighted by molar-refractivity contribution is 5.77. The van der Waals surface area contributed by atoms with Gasteiger partial charge in [0.1, 0.15) is 17.6 Å². The van der Waals surface area contributed by atoms with E-state index in [4.69, 9.17) is 4.74 Å². The van der Waals surface area contributed by atoms with E-state index in [2.05, 4.69) is 32.5 Å². The van der Waals surface area contributed by atoms with Crippen LogP contribution in [0.4, 0.5) is 10.3 Å². The zero-order chi connectivity index (χ0) is 23.8. The second kappa shape index (κ2) is 8.78. The normalized spacial score (nSPS) is 14.2. The highest BCUT2D eigenvalue weighted by Gasteiger charge is 2.28. The highest BCUT2D eigenvalue weighted by atomic mass is 19.1. The molecule has 1 fully saturated rings. The fraction of sp³-hybridized carbons (Fsp3) is 0.360. The van der Waals surface area contributed by atoms with Crippen LogP contribution in [-0.4, -0.2) is 30.8 Å². The number of hydrogen-bond donors (Lipinski definition) is 1. The molecule has 4 heterocycles. The maximum atomic E-state index is 14.5. The van der Waals surface area contributed by atoms with Crippen LogP contribution in [0.1, 0.15) is 55.1 Å². The number of ether oxygens (including phenoxy) is 1. The summed E-state index contributed by atoms with van der Waals surface area (Å²) in [6.45, 7) is 4.81. The molecule has 1 aliphatic carbocycles. The number of nitriles is 1. The zero-order valence-corrected chi connectivity index (χ0v) is 19.5. The number of rotatable bonds is 5. The second-order valence-corrected chi connectivity index (χ2v) is 8.23. The molecule has 0 amide bonds. The number of hydrogen-bond acceptors (Lipinski definition) is 6. The molecule has 1 aliphatic heterocycles. The van der Waals surface area contributed by atoms with Crippen LogP contribution in [-0.2, 0) is 20.0 Å². The fourth-order valence-corrected chi connectivity index (χ4v) is 4.34. The molecule has 1 N–H and O–H groups in total. The van der Waals surface area contributed by atoms with Gasteiger partial charge in [-0.2, -0.15) is 10.4 Å². The topological polar surface area (TPSA) is 93.1 Å². The average molecular weight is 460 g/mol. The van der Waals surface area contributed by atoms with Crippen molar-refractivity contribution in [1.82, 2.24) is 24.1 Å². The van der Waals surface area contributed by atoms with Gasteiger partial charge in [0, 0.05) is 43.3 Å². The van der Waals surface area contributed by atoms with Gasteiger partial charge in [-0.05, 0) is 31.0 Å². The van der Waals surface area contributed by atoms with Gasteiger partial charge in [0.25, 0.3) is 0 Å². The third kappa shape index (κ3) is 3.75. The van der Waals surface area contributed by atoms with Crippen LogP contribution in [0.15, 0.2) is 30.6 Å². The molecule has 0 radical (unpaired) electrons. The first-order valence-corrected chi connectivity index (χ1v) is 11.6. The van der Waals surface area contributed by atoms with Crippen LogP contribution in [0.3, 0.4) is 0 Å². The van der Waals surface area contributed by atoms with Gasteiger partial charge in [-0.1, -0.05) is 13.8 Å². The van der Waals surface area contributed by atoms with E-state index in [9.17, 15) is 9.65 Å². The first-order chi connectivity index (χ1) is 16.6. The Bertz CT molecular complexity index is 1410. The van der Waals surface area contributed by atoms with Crippen molar-refractivity contribution in [2.45, 2.75) is 45.6 Å². The monoisotopic (exact) mass is 459 g/mol. The summed E-state index contributed by atoms with van der Waals surface area (Å²) in [4.78, 5) is 9.08. The van der Waals surface area contributed by atoms with E-state index in [1.54, 1.807) is 22.9 Å². The predicted octanol–water partition coefficient (Wildman–Crippen LogP) is 4.59. The second-order valence-electron chi connectivity index (χ2n) is 8.23. The summed E-state index contributed by atoms with van der Waals surface area (Å²) in [6, 6.07) is 7.28. The minimum atomic E-state index is -0.277. The Labute approximate surface area is 197 Å². The van der Waals surface area contributed by atoms with E-state index in [1.165, 1.54) is 18.9 Å². The van der Waals surface area contributed by atoms with Gasteiger partial charge in [0.2, 0.25) is 5.95 Å². The van der Waals surface area contributed by atoms with Crippen molar-refractivity contribution < 1.29 is 9.13 Å². The molecule has 174 valence electrons. The van der Waals surface area contributed by atoms with Gasteiger partial charge in [-0.25, -0.2) is 14.4 Å². The van der Waals surface area contributed by atoms with Crippen LogP contribution in [0.2, 0.25) is 0 Å². The smallest absolute Gasteiger partial charge is 0.208 e. The number of halogens is 1. The molecule has 4 aromatic rings. The van der Waals surface area contributed by atoms with Gasteiger partial charge < -0.3 is 10.1 Å². The lowest BCUT2D eigenvalue weighted by atomic mass is 10.0. The molecule has 2 aliphatic rings. The number of nitrogens with one attached hydrogen (secondary N) is 1. The average Bonchev–Trinajstić information content (AvgIpc) is 3.25. The third-order valence-electron chi connectivity index (χ3n) is 6.14. The van der Waals surface area contributed by atoms with Crippen molar-refractivity contribution >= 4 is 11.6 Å². The number of aromatic nitrogens is 5. The number of anilines is 1. The summed E-state index contributed by atoms with van der Waals surface area (Å²) in [7, 11) is 1.90. The fourth-order valence-electron chi connectivity index (χ4n) is 4.34. The maximum absolute atomic E-state index is 14.5. The Morgan fingerprint density at radius 1 is 1.29 bits per heavy atom. The minimum Gasteiger partial charge on any atom is -0.493 e. The van der Waals surface area contributed by atoms with Crippen molar-refractivity contribution in [3.8, 4) is 23.1 Å². The molecule has 8 nitrogen and oxygen atoms in total. The highest BCUT2D eigenvalue weighted by Crippen LogP contribution is 2.41. The Kier molecular flexibility index (Phi) is 5.65. The number of nitrogens with zero attached hydrogens (tertiary/aromatic N) is 6. The Balaban J connectivity index is 0.00000117. The van der Waals surface area contributed by atoms with Crippen LogP contribution in [0, 0.1) is 17.1 Å².